The van der Waals surface area contributed by atoms with Gasteiger partial charge in [-0.15, -0.1) is 0 Å². The molecule has 3 rings (SSSR count). The molecule has 0 spiro atoms. The van der Waals surface area contributed by atoms with Gasteiger partial charge >= 0.3 is 0 Å². The fourth-order valence-corrected chi connectivity index (χ4v) is 2.40. The average molecular weight is 226 g/mol. The van der Waals surface area contributed by atoms with Gasteiger partial charge < -0.3 is 4.74 Å². The van der Waals surface area contributed by atoms with E-state index in [1.165, 1.54) is 11.1 Å². The van der Waals surface area contributed by atoms with Gasteiger partial charge in [0.05, 0.1) is 0 Å². The predicted molar refractivity (Wildman–Crippen MR) is 66.3 cm³/mol. The molecule has 2 aliphatic rings. The Bertz CT molecular complexity index is 565. The van der Waals surface area contributed by atoms with Crippen LogP contribution in [0.1, 0.15) is 16.7 Å². The summed E-state index contributed by atoms with van der Waals surface area (Å²) in [6.45, 7) is 4.11. The molecule has 86 valence electrons. The van der Waals surface area contributed by atoms with Crippen molar-refractivity contribution in [3.63, 3.8) is 0 Å². The molecule has 0 aromatic heterocycles. The molecule has 1 aliphatic heterocycles. The van der Waals surface area contributed by atoms with Gasteiger partial charge in [0, 0.05) is 6.42 Å². The fraction of sp³-hybridized carbons (Fsp3) is 0.267. The third-order valence-electron chi connectivity index (χ3n) is 3.55. The molecule has 0 saturated carbocycles. The minimum atomic E-state index is -0.395. The Morgan fingerprint density at radius 1 is 1.29 bits per heavy atom. The first-order valence-corrected chi connectivity index (χ1v) is 5.83. The van der Waals surface area contributed by atoms with Crippen LogP contribution >= 0.6 is 0 Å². The van der Waals surface area contributed by atoms with Crippen molar-refractivity contribution in [1.82, 2.24) is 0 Å². The summed E-state index contributed by atoms with van der Waals surface area (Å²) in [5.41, 5.74) is 4.59. The lowest BCUT2D eigenvalue weighted by atomic mass is 9.89. The highest BCUT2D eigenvalue weighted by molar-refractivity contribution is 5.98. The Balaban J connectivity index is 2.11. The van der Waals surface area contributed by atoms with E-state index in [2.05, 4.69) is 19.1 Å². The van der Waals surface area contributed by atoms with Crippen LogP contribution in [0.3, 0.4) is 0 Å². The first-order chi connectivity index (χ1) is 8.16. The van der Waals surface area contributed by atoms with Gasteiger partial charge in [-0.25, -0.2) is 0 Å². The monoisotopic (exact) mass is 226 g/mol. The molecule has 1 aromatic rings. The number of hydrogen-bond donors (Lipinski definition) is 0. The van der Waals surface area contributed by atoms with Crippen LogP contribution in [0.25, 0.3) is 0 Å². The number of rotatable bonds is 0. The molecule has 0 saturated heterocycles. The maximum atomic E-state index is 11.8. The van der Waals surface area contributed by atoms with E-state index in [0.29, 0.717) is 0 Å². The standard InChI is InChI=1S/C15H14O2/c1-9-6-7-12-8-11-4-3-5-13(16)15(11)17-14(12)10(9)2/h3-7,15H,8H2,1-2H3. The largest absolute Gasteiger partial charge is 0.477 e. The quantitative estimate of drug-likeness (QED) is 0.680. The second-order valence-electron chi connectivity index (χ2n) is 4.67. The van der Waals surface area contributed by atoms with E-state index in [1.807, 2.05) is 19.1 Å². The fourth-order valence-electron chi connectivity index (χ4n) is 2.40. The normalized spacial score (nSPS) is 21.4. The summed E-state index contributed by atoms with van der Waals surface area (Å²) < 4.78 is 5.89. The number of ketones is 1. The van der Waals surface area contributed by atoms with Crippen LogP contribution in [0, 0.1) is 13.8 Å². The van der Waals surface area contributed by atoms with Crippen molar-refractivity contribution in [1.29, 1.82) is 0 Å². The molecular formula is C15H14O2. The van der Waals surface area contributed by atoms with Crippen molar-refractivity contribution in [2.45, 2.75) is 26.4 Å². The summed E-state index contributed by atoms with van der Waals surface area (Å²) in [7, 11) is 0. The molecule has 0 N–H and O–H groups in total. The Morgan fingerprint density at radius 2 is 2.12 bits per heavy atom. The lowest BCUT2D eigenvalue weighted by Crippen LogP contribution is -2.34. The minimum absolute atomic E-state index is 0.0501. The van der Waals surface area contributed by atoms with Crippen molar-refractivity contribution in [3.8, 4) is 5.75 Å². The third kappa shape index (κ3) is 1.52. The van der Waals surface area contributed by atoms with Gasteiger partial charge in [-0.2, -0.15) is 0 Å². The zero-order valence-corrected chi connectivity index (χ0v) is 9.99. The first-order valence-electron chi connectivity index (χ1n) is 5.83. The average Bonchev–Trinajstić information content (AvgIpc) is 2.33. The molecule has 2 heteroatoms. The SMILES string of the molecule is Cc1ccc2c(c1C)OC1C(=O)C=CC=C1C2. The zero-order chi connectivity index (χ0) is 12.0. The Kier molecular flexibility index (Phi) is 2.18. The van der Waals surface area contributed by atoms with Gasteiger partial charge in [0.1, 0.15) is 5.75 Å². The molecule has 0 amide bonds. The molecule has 17 heavy (non-hydrogen) atoms. The number of aryl methyl sites for hydroxylation is 1. The van der Waals surface area contributed by atoms with E-state index in [9.17, 15) is 4.79 Å². The van der Waals surface area contributed by atoms with E-state index in [-0.39, 0.29) is 5.78 Å². The van der Waals surface area contributed by atoms with Crippen LogP contribution in [0.5, 0.6) is 5.75 Å². The summed E-state index contributed by atoms with van der Waals surface area (Å²) in [4.78, 5) is 11.8. The van der Waals surface area contributed by atoms with E-state index >= 15 is 0 Å². The molecule has 1 unspecified atom stereocenters. The summed E-state index contributed by atoms with van der Waals surface area (Å²) in [5.74, 6) is 0.949. The summed E-state index contributed by atoms with van der Waals surface area (Å²) in [6, 6.07) is 4.20. The predicted octanol–water partition coefficient (Wildman–Crippen LogP) is 2.67. The van der Waals surface area contributed by atoms with Gasteiger partial charge in [0.25, 0.3) is 0 Å². The molecule has 1 aliphatic carbocycles. The van der Waals surface area contributed by atoms with Crippen LogP contribution in [-0.4, -0.2) is 11.9 Å². The summed E-state index contributed by atoms with van der Waals surface area (Å²) >= 11 is 0. The van der Waals surface area contributed by atoms with Crippen molar-refractivity contribution < 1.29 is 9.53 Å². The molecule has 1 atom stereocenters. The Morgan fingerprint density at radius 3 is 2.94 bits per heavy atom. The van der Waals surface area contributed by atoms with Gasteiger partial charge in [-0.05, 0) is 42.2 Å². The first kappa shape index (κ1) is 10.3. The lowest BCUT2D eigenvalue weighted by molar-refractivity contribution is -0.120. The van der Waals surface area contributed by atoms with E-state index < -0.39 is 6.10 Å². The van der Waals surface area contributed by atoms with Crippen molar-refractivity contribution in [2.75, 3.05) is 0 Å². The summed E-state index contributed by atoms with van der Waals surface area (Å²) in [5, 5.41) is 0. The maximum absolute atomic E-state index is 11.8. The lowest BCUT2D eigenvalue weighted by Gasteiger charge is -2.30. The van der Waals surface area contributed by atoms with Crippen molar-refractivity contribution >= 4 is 5.78 Å². The van der Waals surface area contributed by atoms with Gasteiger partial charge in [0.15, 0.2) is 11.9 Å². The van der Waals surface area contributed by atoms with Crippen LogP contribution in [-0.2, 0) is 11.2 Å². The third-order valence-corrected chi connectivity index (χ3v) is 3.55. The molecule has 0 fully saturated rings. The number of fused-ring (bicyclic) bond motifs is 2. The van der Waals surface area contributed by atoms with E-state index in [1.54, 1.807) is 6.08 Å². The topological polar surface area (TPSA) is 26.3 Å². The smallest absolute Gasteiger partial charge is 0.200 e. The highest BCUT2D eigenvalue weighted by atomic mass is 16.5. The number of carbonyl (C=O) groups is 1. The minimum Gasteiger partial charge on any atom is -0.477 e. The second-order valence-corrected chi connectivity index (χ2v) is 4.67. The maximum Gasteiger partial charge on any atom is 0.200 e. The number of ether oxygens (including phenoxy) is 1. The molecule has 0 bridgehead atoms. The van der Waals surface area contributed by atoms with E-state index in [4.69, 9.17) is 4.74 Å². The van der Waals surface area contributed by atoms with Crippen molar-refractivity contribution in [2.24, 2.45) is 0 Å². The van der Waals surface area contributed by atoms with Crippen LogP contribution in [0.15, 0.2) is 35.9 Å². The Hall–Kier alpha value is -1.83. The number of hydrogen-bond acceptors (Lipinski definition) is 2. The van der Waals surface area contributed by atoms with Crippen LogP contribution < -0.4 is 4.74 Å². The second kappa shape index (κ2) is 3.59. The molecule has 2 nitrogen and oxygen atoms in total. The number of allylic oxidation sites excluding steroid dienone is 2. The molecule has 1 heterocycles. The highest BCUT2D eigenvalue weighted by Gasteiger charge is 2.31. The van der Waals surface area contributed by atoms with E-state index in [0.717, 1.165) is 23.3 Å². The zero-order valence-electron chi connectivity index (χ0n) is 9.99. The molecule has 0 radical (unpaired) electrons. The summed E-state index contributed by atoms with van der Waals surface area (Å²) in [6.07, 6.45) is 5.81. The van der Waals surface area contributed by atoms with Crippen molar-refractivity contribution in [3.05, 3.63) is 52.6 Å². The Labute approximate surface area is 101 Å². The van der Waals surface area contributed by atoms with Crippen LogP contribution in [0.2, 0.25) is 0 Å². The molecule has 1 aromatic carbocycles. The number of carbonyl (C=O) groups excluding carboxylic acids is 1. The number of benzene rings is 1. The highest BCUT2D eigenvalue weighted by Crippen LogP contribution is 2.36. The van der Waals surface area contributed by atoms with Gasteiger partial charge in [0.2, 0.25) is 0 Å². The van der Waals surface area contributed by atoms with Crippen LogP contribution in [0.4, 0.5) is 0 Å². The van der Waals surface area contributed by atoms with Gasteiger partial charge in [-0.3, -0.25) is 4.79 Å². The molecular weight excluding hydrogens is 212 g/mol. The van der Waals surface area contributed by atoms with Gasteiger partial charge in [-0.1, -0.05) is 24.3 Å².